The molecular formula is C17H21FN4. The second kappa shape index (κ2) is 5.91. The molecule has 1 aromatic heterocycles. The first-order valence-electron chi connectivity index (χ1n) is 7.60. The number of rotatable bonds is 2. The monoisotopic (exact) mass is 300 g/mol. The van der Waals surface area contributed by atoms with Crippen molar-refractivity contribution in [2.45, 2.75) is 20.8 Å². The Balaban J connectivity index is 1.75. The zero-order valence-electron chi connectivity index (χ0n) is 13.3. The summed E-state index contributed by atoms with van der Waals surface area (Å²) in [5.74, 6) is 0.121. The van der Waals surface area contributed by atoms with Gasteiger partial charge >= 0.3 is 0 Å². The molecule has 0 atom stereocenters. The Morgan fingerprint density at radius 2 is 1.64 bits per heavy atom. The highest BCUT2D eigenvalue weighted by Gasteiger charge is 2.22. The third-order valence-corrected chi connectivity index (χ3v) is 4.23. The fourth-order valence-corrected chi connectivity index (χ4v) is 2.89. The highest BCUT2D eigenvalue weighted by molar-refractivity contribution is 5.56. The molecule has 22 heavy (non-hydrogen) atoms. The van der Waals surface area contributed by atoms with Crippen LogP contribution >= 0.6 is 0 Å². The Kier molecular flexibility index (Phi) is 3.96. The molecule has 1 aliphatic heterocycles. The second-order valence-electron chi connectivity index (χ2n) is 5.86. The van der Waals surface area contributed by atoms with Gasteiger partial charge in [0.15, 0.2) is 11.6 Å². The van der Waals surface area contributed by atoms with Gasteiger partial charge in [0.2, 0.25) is 0 Å². The van der Waals surface area contributed by atoms with Crippen molar-refractivity contribution in [3.63, 3.8) is 0 Å². The molecule has 3 rings (SSSR count). The molecular weight excluding hydrogens is 279 g/mol. The molecule has 0 N–H and O–H groups in total. The van der Waals surface area contributed by atoms with Crippen LogP contribution in [0.3, 0.4) is 0 Å². The molecule has 0 spiro atoms. The summed E-state index contributed by atoms with van der Waals surface area (Å²) < 4.78 is 14.1. The maximum Gasteiger partial charge on any atom is 0.186 e. The van der Waals surface area contributed by atoms with Crippen LogP contribution in [0.15, 0.2) is 24.5 Å². The van der Waals surface area contributed by atoms with E-state index in [1.807, 2.05) is 4.90 Å². The predicted molar refractivity (Wildman–Crippen MR) is 87.1 cm³/mol. The van der Waals surface area contributed by atoms with Gasteiger partial charge in [0.1, 0.15) is 6.33 Å². The summed E-state index contributed by atoms with van der Waals surface area (Å²) in [6, 6.07) is 6.51. The first-order chi connectivity index (χ1) is 10.6. The molecule has 116 valence electrons. The van der Waals surface area contributed by atoms with Crippen LogP contribution in [-0.4, -0.2) is 36.1 Å². The summed E-state index contributed by atoms with van der Waals surface area (Å²) in [4.78, 5) is 12.4. The lowest BCUT2D eigenvalue weighted by Gasteiger charge is -2.37. The van der Waals surface area contributed by atoms with Crippen LogP contribution in [-0.2, 0) is 0 Å². The van der Waals surface area contributed by atoms with Gasteiger partial charge in [0.25, 0.3) is 0 Å². The Labute approximate surface area is 130 Å². The SMILES string of the molecule is Cc1ccc(C)c(N2CCN(c3ncnc(C)c3F)CC2)c1. The molecule has 2 heterocycles. The average Bonchev–Trinajstić information content (AvgIpc) is 2.53. The minimum atomic E-state index is -0.303. The molecule has 0 bridgehead atoms. The van der Waals surface area contributed by atoms with Crippen LogP contribution in [0.25, 0.3) is 0 Å². The third-order valence-electron chi connectivity index (χ3n) is 4.23. The van der Waals surface area contributed by atoms with E-state index in [2.05, 4.69) is 46.9 Å². The Morgan fingerprint density at radius 3 is 2.36 bits per heavy atom. The lowest BCUT2D eigenvalue weighted by molar-refractivity contribution is 0.574. The van der Waals surface area contributed by atoms with Crippen molar-refractivity contribution in [2.24, 2.45) is 0 Å². The molecule has 0 aliphatic carbocycles. The molecule has 0 radical (unpaired) electrons. The lowest BCUT2D eigenvalue weighted by Crippen LogP contribution is -2.47. The Bertz CT molecular complexity index is 668. The van der Waals surface area contributed by atoms with Gasteiger partial charge < -0.3 is 9.80 Å². The smallest absolute Gasteiger partial charge is 0.186 e. The van der Waals surface area contributed by atoms with Crippen LogP contribution in [0.1, 0.15) is 16.8 Å². The fraction of sp³-hybridized carbons (Fsp3) is 0.412. The predicted octanol–water partition coefficient (Wildman–Crippen LogP) is 2.87. The van der Waals surface area contributed by atoms with E-state index in [1.165, 1.54) is 23.1 Å². The van der Waals surface area contributed by atoms with Crippen LogP contribution in [0.2, 0.25) is 0 Å². The summed E-state index contributed by atoms with van der Waals surface area (Å²) in [5.41, 5.74) is 4.23. The minimum Gasteiger partial charge on any atom is -0.368 e. The summed E-state index contributed by atoms with van der Waals surface area (Å²) in [6.45, 7) is 9.18. The summed E-state index contributed by atoms with van der Waals surface area (Å²) in [6.07, 6.45) is 1.44. The Morgan fingerprint density at radius 1 is 0.955 bits per heavy atom. The van der Waals surface area contributed by atoms with E-state index in [4.69, 9.17) is 0 Å². The van der Waals surface area contributed by atoms with Gasteiger partial charge in [-0.05, 0) is 38.0 Å². The number of aryl methyl sites for hydroxylation is 3. The van der Waals surface area contributed by atoms with Gasteiger partial charge in [0, 0.05) is 31.9 Å². The van der Waals surface area contributed by atoms with Crippen molar-refractivity contribution in [3.8, 4) is 0 Å². The molecule has 1 aliphatic rings. The van der Waals surface area contributed by atoms with Crippen LogP contribution in [0, 0.1) is 26.6 Å². The largest absolute Gasteiger partial charge is 0.368 e. The van der Waals surface area contributed by atoms with Crippen molar-refractivity contribution >= 4 is 11.5 Å². The number of aromatic nitrogens is 2. The molecule has 4 nitrogen and oxygen atoms in total. The average molecular weight is 300 g/mol. The molecule has 2 aromatic rings. The zero-order chi connectivity index (χ0) is 15.7. The number of hydrogen-bond acceptors (Lipinski definition) is 4. The van der Waals surface area contributed by atoms with E-state index >= 15 is 0 Å². The molecule has 1 fully saturated rings. The van der Waals surface area contributed by atoms with Crippen LogP contribution < -0.4 is 9.80 Å². The minimum absolute atomic E-state index is 0.303. The van der Waals surface area contributed by atoms with Gasteiger partial charge in [-0.2, -0.15) is 0 Å². The lowest BCUT2D eigenvalue weighted by atomic mass is 10.1. The molecule has 0 saturated carbocycles. The Hall–Kier alpha value is -2.17. The quantitative estimate of drug-likeness (QED) is 0.853. The van der Waals surface area contributed by atoms with Gasteiger partial charge in [-0.1, -0.05) is 12.1 Å². The number of hydrogen-bond donors (Lipinski definition) is 0. The zero-order valence-corrected chi connectivity index (χ0v) is 13.3. The van der Waals surface area contributed by atoms with Gasteiger partial charge in [0.05, 0.1) is 5.69 Å². The fourth-order valence-electron chi connectivity index (χ4n) is 2.89. The van der Waals surface area contributed by atoms with E-state index in [9.17, 15) is 4.39 Å². The van der Waals surface area contributed by atoms with Crippen molar-refractivity contribution in [2.75, 3.05) is 36.0 Å². The summed E-state index contributed by atoms with van der Waals surface area (Å²) >= 11 is 0. The highest BCUT2D eigenvalue weighted by Crippen LogP contribution is 2.25. The van der Waals surface area contributed by atoms with Gasteiger partial charge in [-0.3, -0.25) is 0 Å². The van der Waals surface area contributed by atoms with E-state index in [0.29, 0.717) is 11.5 Å². The maximum absolute atomic E-state index is 14.1. The van der Waals surface area contributed by atoms with Crippen molar-refractivity contribution in [1.29, 1.82) is 0 Å². The van der Waals surface area contributed by atoms with E-state index in [-0.39, 0.29) is 5.82 Å². The van der Waals surface area contributed by atoms with Crippen molar-refractivity contribution in [3.05, 3.63) is 47.2 Å². The number of piperazine rings is 1. The third kappa shape index (κ3) is 2.75. The van der Waals surface area contributed by atoms with E-state index in [1.54, 1.807) is 6.92 Å². The standard InChI is InChI=1S/C17H21FN4/c1-12-4-5-13(2)15(10-12)21-6-8-22(9-7-21)17-16(18)14(3)19-11-20-17/h4-5,10-11H,6-9H2,1-3H3. The normalized spacial score (nSPS) is 15.3. The van der Waals surface area contributed by atoms with Crippen molar-refractivity contribution < 1.29 is 4.39 Å². The molecule has 0 unspecified atom stereocenters. The number of benzene rings is 1. The highest BCUT2D eigenvalue weighted by atomic mass is 19.1. The number of halogens is 1. The first kappa shape index (κ1) is 14.8. The molecule has 0 amide bonds. The van der Waals surface area contributed by atoms with Gasteiger partial charge in [-0.15, -0.1) is 0 Å². The molecule has 5 heteroatoms. The summed E-state index contributed by atoms with van der Waals surface area (Å²) in [7, 11) is 0. The summed E-state index contributed by atoms with van der Waals surface area (Å²) in [5, 5.41) is 0. The van der Waals surface area contributed by atoms with Crippen molar-refractivity contribution in [1.82, 2.24) is 9.97 Å². The van der Waals surface area contributed by atoms with Crippen LogP contribution in [0.5, 0.6) is 0 Å². The van der Waals surface area contributed by atoms with E-state index in [0.717, 1.165) is 26.2 Å². The molecule has 1 saturated heterocycles. The van der Waals surface area contributed by atoms with Gasteiger partial charge in [-0.25, -0.2) is 14.4 Å². The maximum atomic E-state index is 14.1. The number of nitrogens with zero attached hydrogens (tertiary/aromatic N) is 4. The number of anilines is 2. The molecule has 1 aromatic carbocycles. The first-order valence-corrected chi connectivity index (χ1v) is 7.60. The second-order valence-corrected chi connectivity index (χ2v) is 5.86. The van der Waals surface area contributed by atoms with Crippen LogP contribution in [0.4, 0.5) is 15.9 Å². The van der Waals surface area contributed by atoms with E-state index < -0.39 is 0 Å². The topological polar surface area (TPSA) is 32.3 Å².